The van der Waals surface area contributed by atoms with Crippen LogP contribution in [-0.4, -0.2) is 18.9 Å². The maximum Gasteiger partial charge on any atom is 0.223 e. The van der Waals surface area contributed by atoms with Crippen LogP contribution in [0, 0.1) is 5.92 Å². The van der Waals surface area contributed by atoms with E-state index in [4.69, 9.17) is 4.74 Å². The predicted molar refractivity (Wildman–Crippen MR) is 71.9 cm³/mol. The van der Waals surface area contributed by atoms with E-state index in [1.54, 1.807) is 19.2 Å². The van der Waals surface area contributed by atoms with Gasteiger partial charge in [0, 0.05) is 30.6 Å². The normalized spacial score (nSPS) is 13.8. The Morgan fingerprint density at radius 3 is 2.68 bits per heavy atom. The molecule has 0 aliphatic heterocycles. The summed E-state index contributed by atoms with van der Waals surface area (Å²) in [6, 6.07) is 5.36. The number of carbonyl (C=O) groups excluding carboxylic acids is 2. The van der Waals surface area contributed by atoms with E-state index in [-0.39, 0.29) is 17.7 Å². The average Bonchev–Trinajstić information content (AvgIpc) is 3.19. The molecule has 5 nitrogen and oxygen atoms in total. The smallest absolute Gasteiger partial charge is 0.223 e. The minimum absolute atomic E-state index is 0.0898. The highest BCUT2D eigenvalue weighted by atomic mass is 16.5. The zero-order chi connectivity index (χ0) is 13.8. The molecule has 19 heavy (non-hydrogen) atoms. The highest BCUT2D eigenvalue weighted by Crippen LogP contribution is 2.29. The first-order valence-corrected chi connectivity index (χ1v) is 6.32. The molecule has 0 bridgehead atoms. The lowest BCUT2D eigenvalue weighted by atomic mass is 10.1. The van der Waals surface area contributed by atoms with E-state index in [1.807, 2.05) is 6.07 Å². The van der Waals surface area contributed by atoms with Crippen LogP contribution in [-0.2, 0) is 16.1 Å². The van der Waals surface area contributed by atoms with E-state index >= 15 is 0 Å². The van der Waals surface area contributed by atoms with Crippen LogP contribution in [0.3, 0.4) is 0 Å². The molecular formula is C14H18N2O3. The van der Waals surface area contributed by atoms with E-state index < -0.39 is 0 Å². The Hall–Kier alpha value is -2.04. The van der Waals surface area contributed by atoms with Gasteiger partial charge in [0.2, 0.25) is 11.8 Å². The molecule has 0 heterocycles. The lowest BCUT2D eigenvalue weighted by molar-refractivity contribution is -0.122. The van der Waals surface area contributed by atoms with Crippen molar-refractivity contribution in [1.82, 2.24) is 5.32 Å². The molecule has 5 heteroatoms. The van der Waals surface area contributed by atoms with Crippen LogP contribution < -0.4 is 15.4 Å². The lowest BCUT2D eigenvalue weighted by Crippen LogP contribution is -2.24. The van der Waals surface area contributed by atoms with Gasteiger partial charge >= 0.3 is 0 Å². The second kappa shape index (κ2) is 5.73. The summed E-state index contributed by atoms with van der Waals surface area (Å²) in [7, 11) is 1.58. The topological polar surface area (TPSA) is 67.4 Å². The Balaban J connectivity index is 2.06. The number of nitrogens with one attached hydrogen (secondary N) is 2. The SMILES string of the molecule is COc1ccc(NC(C)=O)cc1CNC(=O)C1CC1. The standard InChI is InChI=1S/C14H18N2O3/c1-9(17)16-12-5-6-13(19-2)11(7-12)8-15-14(18)10-3-4-10/h5-7,10H,3-4,8H2,1-2H3,(H,15,18)(H,16,17). The van der Waals surface area contributed by atoms with Gasteiger partial charge in [-0.15, -0.1) is 0 Å². The number of hydrogen-bond donors (Lipinski definition) is 2. The summed E-state index contributed by atoms with van der Waals surface area (Å²) in [5.74, 6) is 0.847. The summed E-state index contributed by atoms with van der Waals surface area (Å²) in [5.41, 5.74) is 1.55. The number of methoxy groups -OCH3 is 1. The van der Waals surface area contributed by atoms with E-state index in [0.717, 1.165) is 18.4 Å². The minimum Gasteiger partial charge on any atom is -0.496 e. The number of ether oxygens (including phenoxy) is 1. The molecule has 1 aliphatic carbocycles. The fraction of sp³-hybridized carbons (Fsp3) is 0.429. The quantitative estimate of drug-likeness (QED) is 0.848. The van der Waals surface area contributed by atoms with Gasteiger partial charge in [-0.1, -0.05) is 0 Å². The van der Waals surface area contributed by atoms with E-state index in [9.17, 15) is 9.59 Å². The number of anilines is 1. The molecular weight excluding hydrogens is 244 g/mol. The van der Waals surface area contributed by atoms with Gasteiger partial charge < -0.3 is 15.4 Å². The molecule has 0 spiro atoms. The number of benzene rings is 1. The summed E-state index contributed by atoms with van der Waals surface area (Å²) in [6.07, 6.45) is 1.96. The molecule has 0 atom stereocenters. The predicted octanol–water partition coefficient (Wildman–Crippen LogP) is 1.68. The summed E-state index contributed by atoms with van der Waals surface area (Å²) < 4.78 is 5.25. The fourth-order valence-corrected chi connectivity index (χ4v) is 1.87. The molecule has 0 unspecified atom stereocenters. The Morgan fingerprint density at radius 2 is 2.11 bits per heavy atom. The average molecular weight is 262 g/mol. The van der Waals surface area contributed by atoms with Gasteiger partial charge in [-0.2, -0.15) is 0 Å². The molecule has 2 amide bonds. The van der Waals surface area contributed by atoms with Gasteiger partial charge in [0.25, 0.3) is 0 Å². The van der Waals surface area contributed by atoms with Crippen LogP contribution in [0.2, 0.25) is 0 Å². The molecule has 1 fully saturated rings. The molecule has 2 rings (SSSR count). The maximum absolute atomic E-state index is 11.6. The van der Waals surface area contributed by atoms with Crippen molar-refractivity contribution in [2.24, 2.45) is 5.92 Å². The van der Waals surface area contributed by atoms with E-state index in [1.165, 1.54) is 6.92 Å². The van der Waals surface area contributed by atoms with Crippen molar-refractivity contribution in [2.75, 3.05) is 12.4 Å². The Labute approximate surface area is 112 Å². The van der Waals surface area contributed by atoms with Crippen LogP contribution in [0.4, 0.5) is 5.69 Å². The first-order chi connectivity index (χ1) is 9.10. The lowest BCUT2D eigenvalue weighted by Gasteiger charge is -2.12. The second-order valence-corrected chi connectivity index (χ2v) is 4.70. The molecule has 2 N–H and O–H groups in total. The molecule has 0 radical (unpaired) electrons. The number of rotatable bonds is 5. The monoisotopic (exact) mass is 262 g/mol. The van der Waals surface area contributed by atoms with E-state index in [2.05, 4.69) is 10.6 Å². The highest BCUT2D eigenvalue weighted by Gasteiger charge is 2.29. The van der Waals surface area contributed by atoms with Crippen LogP contribution in [0.5, 0.6) is 5.75 Å². The third kappa shape index (κ3) is 3.71. The molecule has 0 saturated heterocycles. The van der Waals surface area contributed by atoms with Gasteiger partial charge in [-0.25, -0.2) is 0 Å². The van der Waals surface area contributed by atoms with Crippen molar-refractivity contribution in [2.45, 2.75) is 26.3 Å². The van der Waals surface area contributed by atoms with Crippen molar-refractivity contribution < 1.29 is 14.3 Å². The number of carbonyl (C=O) groups is 2. The van der Waals surface area contributed by atoms with Crippen LogP contribution in [0.1, 0.15) is 25.3 Å². The van der Waals surface area contributed by atoms with Gasteiger partial charge in [0.1, 0.15) is 5.75 Å². The molecule has 1 saturated carbocycles. The zero-order valence-electron chi connectivity index (χ0n) is 11.2. The number of amides is 2. The van der Waals surface area contributed by atoms with Crippen molar-refractivity contribution in [3.05, 3.63) is 23.8 Å². The molecule has 0 aromatic heterocycles. The largest absolute Gasteiger partial charge is 0.496 e. The van der Waals surface area contributed by atoms with Gasteiger partial charge in [0.15, 0.2) is 0 Å². The van der Waals surface area contributed by atoms with Crippen LogP contribution >= 0.6 is 0 Å². The fourth-order valence-electron chi connectivity index (χ4n) is 1.87. The highest BCUT2D eigenvalue weighted by molar-refractivity contribution is 5.88. The number of hydrogen-bond acceptors (Lipinski definition) is 3. The van der Waals surface area contributed by atoms with E-state index in [0.29, 0.717) is 18.0 Å². The molecule has 1 aromatic rings. The molecule has 102 valence electrons. The third-order valence-electron chi connectivity index (χ3n) is 3.00. The summed E-state index contributed by atoms with van der Waals surface area (Å²) in [6.45, 7) is 1.87. The van der Waals surface area contributed by atoms with Crippen molar-refractivity contribution in [1.29, 1.82) is 0 Å². The Morgan fingerprint density at radius 1 is 1.37 bits per heavy atom. The molecule has 1 aromatic carbocycles. The van der Waals surface area contributed by atoms with Gasteiger partial charge in [0.05, 0.1) is 7.11 Å². The molecule has 1 aliphatic rings. The first kappa shape index (κ1) is 13.4. The first-order valence-electron chi connectivity index (χ1n) is 6.32. The summed E-state index contributed by atoms with van der Waals surface area (Å²) in [4.78, 5) is 22.6. The van der Waals surface area contributed by atoms with Crippen molar-refractivity contribution in [3.8, 4) is 5.75 Å². The van der Waals surface area contributed by atoms with Crippen molar-refractivity contribution >= 4 is 17.5 Å². The zero-order valence-corrected chi connectivity index (χ0v) is 11.2. The van der Waals surface area contributed by atoms with Gasteiger partial charge in [-0.05, 0) is 31.0 Å². The summed E-state index contributed by atoms with van der Waals surface area (Å²) >= 11 is 0. The van der Waals surface area contributed by atoms with Crippen molar-refractivity contribution in [3.63, 3.8) is 0 Å². The Kier molecular flexibility index (Phi) is 4.04. The second-order valence-electron chi connectivity index (χ2n) is 4.70. The summed E-state index contributed by atoms with van der Waals surface area (Å²) in [5, 5.41) is 5.60. The minimum atomic E-state index is -0.127. The third-order valence-corrected chi connectivity index (χ3v) is 3.00. The Bertz CT molecular complexity index is 495. The van der Waals surface area contributed by atoms with Crippen LogP contribution in [0.15, 0.2) is 18.2 Å². The maximum atomic E-state index is 11.6. The van der Waals surface area contributed by atoms with Crippen LogP contribution in [0.25, 0.3) is 0 Å². The van der Waals surface area contributed by atoms with Gasteiger partial charge in [-0.3, -0.25) is 9.59 Å².